The van der Waals surface area contributed by atoms with Gasteiger partial charge in [-0.25, -0.2) is 0 Å². The number of hydrogen-bond donors (Lipinski definition) is 0. The van der Waals surface area contributed by atoms with Crippen LogP contribution in [-0.4, -0.2) is 0 Å². The third-order valence-corrected chi connectivity index (χ3v) is 8.90. The summed E-state index contributed by atoms with van der Waals surface area (Å²) in [5.41, 5.74) is 11.8. The van der Waals surface area contributed by atoms with E-state index in [1.807, 2.05) is 97.1 Å². The number of anilines is 6. The van der Waals surface area contributed by atoms with Gasteiger partial charge in [-0.05, 0) is 132 Å². The number of rotatable bonds is 11. The number of nitrogens with zero attached hydrogens (tertiary/aromatic N) is 6. The average Bonchev–Trinajstić information content (AvgIpc) is 3.25. The molecular weight excluding hydrogens is 661 g/mol. The molecule has 0 aliphatic rings. The maximum absolute atomic E-state index is 4.43. The van der Waals surface area contributed by atoms with E-state index in [1.54, 1.807) is 0 Å². The molecule has 0 amide bonds. The molecule has 0 fully saturated rings. The van der Waals surface area contributed by atoms with Crippen molar-refractivity contribution in [3.8, 4) is 11.1 Å². The number of azo groups is 2. The van der Waals surface area contributed by atoms with Gasteiger partial charge in [-0.1, -0.05) is 97.1 Å². The summed E-state index contributed by atoms with van der Waals surface area (Å²) >= 11 is 0. The van der Waals surface area contributed by atoms with Crippen molar-refractivity contribution < 1.29 is 0 Å². The van der Waals surface area contributed by atoms with Crippen molar-refractivity contribution in [1.82, 2.24) is 0 Å². The van der Waals surface area contributed by atoms with Gasteiger partial charge in [0.2, 0.25) is 0 Å². The topological polar surface area (TPSA) is 55.9 Å². The average molecular weight is 697 g/mol. The van der Waals surface area contributed by atoms with E-state index >= 15 is 0 Å². The lowest BCUT2D eigenvalue weighted by Crippen LogP contribution is -2.09. The summed E-state index contributed by atoms with van der Waals surface area (Å²) in [7, 11) is 0. The first-order valence-electron chi connectivity index (χ1n) is 17.8. The molecule has 258 valence electrons. The summed E-state index contributed by atoms with van der Waals surface area (Å²) in [5, 5.41) is 17.6. The Kier molecular flexibility index (Phi) is 10.2. The molecule has 6 nitrogen and oxygen atoms in total. The predicted octanol–water partition coefficient (Wildman–Crippen LogP) is 15.1. The summed E-state index contributed by atoms with van der Waals surface area (Å²) in [4.78, 5) is 4.49. The van der Waals surface area contributed by atoms with E-state index in [0.29, 0.717) is 0 Å². The van der Waals surface area contributed by atoms with Crippen molar-refractivity contribution >= 4 is 56.9 Å². The van der Waals surface area contributed by atoms with Gasteiger partial charge in [-0.3, -0.25) is 0 Å². The van der Waals surface area contributed by atoms with Gasteiger partial charge in [-0.15, -0.1) is 0 Å². The third-order valence-electron chi connectivity index (χ3n) is 8.90. The van der Waals surface area contributed by atoms with E-state index in [0.717, 1.165) is 68.0 Å². The van der Waals surface area contributed by atoms with Gasteiger partial charge in [0.25, 0.3) is 0 Å². The quantitative estimate of drug-likeness (QED) is 0.126. The second-order valence-corrected chi connectivity index (χ2v) is 12.5. The van der Waals surface area contributed by atoms with Crippen molar-refractivity contribution in [2.24, 2.45) is 20.5 Å². The first-order chi connectivity index (χ1) is 26.8. The van der Waals surface area contributed by atoms with Crippen molar-refractivity contribution in [1.29, 1.82) is 0 Å². The lowest BCUT2D eigenvalue weighted by molar-refractivity contribution is 1.22. The fourth-order valence-corrected chi connectivity index (χ4v) is 6.21. The summed E-state index contributed by atoms with van der Waals surface area (Å²) < 4.78 is 0. The Morgan fingerprint density at radius 3 is 0.722 bits per heavy atom. The summed E-state index contributed by atoms with van der Waals surface area (Å²) in [6.45, 7) is 0. The molecule has 54 heavy (non-hydrogen) atoms. The van der Waals surface area contributed by atoms with Crippen LogP contribution in [0, 0.1) is 0 Å². The van der Waals surface area contributed by atoms with E-state index in [9.17, 15) is 0 Å². The number of benzene rings is 8. The molecule has 0 unspecified atom stereocenters. The summed E-state index contributed by atoms with van der Waals surface area (Å²) in [5.74, 6) is 0. The lowest BCUT2D eigenvalue weighted by Gasteiger charge is -2.26. The molecule has 0 saturated heterocycles. The van der Waals surface area contributed by atoms with E-state index in [1.165, 1.54) is 0 Å². The van der Waals surface area contributed by atoms with Crippen molar-refractivity contribution in [2.45, 2.75) is 0 Å². The summed E-state index contributed by atoms with van der Waals surface area (Å²) in [6.07, 6.45) is 0. The summed E-state index contributed by atoms with van der Waals surface area (Å²) in [6, 6.07) is 74.1. The van der Waals surface area contributed by atoms with Crippen molar-refractivity contribution in [2.75, 3.05) is 9.80 Å². The van der Waals surface area contributed by atoms with Crippen LogP contribution in [-0.2, 0) is 0 Å². The highest BCUT2D eigenvalue weighted by atomic mass is 15.2. The Balaban J connectivity index is 1.03. The van der Waals surface area contributed by atoms with Gasteiger partial charge in [0.1, 0.15) is 0 Å². The SMILES string of the molecule is c1ccc(N=Nc2ccc(N(c3ccccc3)c3ccc(-c4ccc(N(c5ccccc5)c5ccc(N=Nc6ccccc6)cc5)cc4)cc3)cc2)cc1. The van der Waals surface area contributed by atoms with Gasteiger partial charge >= 0.3 is 0 Å². The number of hydrogen-bond acceptors (Lipinski definition) is 6. The van der Waals surface area contributed by atoms with Gasteiger partial charge in [0, 0.05) is 34.1 Å². The Hall–Kier alpha value is -7.44. The smallest absolute Gasteiger partial charge is 0.0858 e. The van der Waals surface area contributed by atoms with Crippen LogP contribution < -0.4 is 9.80 Å². The molecule has 8 aromatic rings. The Morgan fingerprint density at radius 2 is 0.426 bits per heavy atom. The predicted molar refractivity (Wildman–Crippen MR) is 222 cm³/mol. The first kappa shape index (κ1) is 33.7. The highest BCUT2D eigenvalue weighted by molar-refractivity contribution is 5.81. The largest absolute Gasteiger partial charge is 0.311 e. The molecule has 0 heterocycles. The molecule has 0 saturated carbocycles. The van der Waals surface area contributed by atoms with E-state index in [4.69, 9.17) is 0 Å². The fraction of sp³-hybridized carbons (Fsp3) is 0. The van der Waals surface area contributed by atoms with Crippen LogP contribution in [0.1, 0.15) is 0 Å². The van der Waals surface area contributed by atoms with Gasteiger partial charge < -0.3 is 9.80 Å². The van der Waals surface area contributed by atoms with Crippen LogP contribution in [0.2, 0.25) is 0 Å². The van der Waals surface area contributed by atoms with Crippen LogP contribution >= 0.6 is 0 Å². The molecule has 0 spiro atoms. The molecule has 8 rings (SSSR count). The van der Waals surface area contributed by atoms with Crippen LogP contribution in [0.5, 0.6) is 0 Å². The van der Waals surface area contributed by atoms with Gasteiger partial charge in [-0.2, -0.15) is 20.5 Å². The highest BCUT2D eigenvalue weighted by Gasteiger charge is 2.15. The Bertz CT molecular complexity index is 2250. The molecule has 0 aliphatic carbocycles. The Labute approximate surface area is 315 Å². The standard InChI is InChI=1S/C48H36N6/c1-5-13-39(14-6-1)49-51-41-25-33-47(34-26-41)53(43-17-9-3-10-18-43)45-29-21-37(22-30-45)38-23-31-46(32-24-38)54(44-19-11-4-12-20-44)48-35-27-42(28-36-48)52-50-40-15-7-2-8-16-40/h1-36H. The normalized spacial score (nSPS) is 11.2. The van der Waals surface area contributed by atoms with Crippen LogP contribution in [0.4, 0.5) is 56.9 Å². The van der Waals surface area contributed by atoms with Crippen LogP contribution in [0.15, 0.2) is 239 Å². The Morgan fingerprint density at radius 1 is 0.204 bits per heavy atom. The molecule has 6 heteroatoms. The van der Waals surface area contributed by atoms with Gasteiger partial charge in [0.15, 0.2) is 0 Å². The van der Waals surface area contributed by atoms with Gasteiger partial charge in [0.05, 0.1) is 22.7 Å². The molecule has 0 radical (unpaired) electrons. The molecule has 0 aliphatic heterocycles. The molecule has 0 aromatic heterocycles. The van der Waals surface area contributed by atoms with Crippen LogP contribution in [0.25, 0.3) is 11.1 Å². The maximum atomic E-state index is 4.43. The zero-order valence-electron chi connectivity index (χ0n) is 29.5. The van der Waals surface area contributed by atoms with E-state index in [-0.39, 0.29) is 0 Å². The zero-order valence-corrected chi connectivity index (χ0v) is 29.5. The zero-order chi connectivity index (χ0) is 36.4. The third kappa shape index (κ3) is 8.04. The molecule has 0 atom stereocenters. The second kappa shape index (κ2) is 16.3. The van der Waals surface area contributed by atoms with E-state index in [2.05, 4.69) is 152 Å². The molecule has 0 bridgehead atoms. The van der Waals surface area contributed by atoms with Crippen LogP contribution in [0.3, 0.4) is 0 Å². The minimum Gasteiger partial charge on any atom is -0.311 e. The lowest BCUT2D eigenvalue weighted by atomic mass is 10.0. The second-order valence-electron chi connectivity index (χ2n) is 12.5. The van der Waals surface area contributed by atoms with Crippen molar-refractivity contribution in [3.05, 3.63) is 218 Å². The molecular formula is C48H36N6. The first-order valence-corrected chi connectivity index (χ1v) is 17.8. The maximum Gasteiger partial charge on any atom is 0.0858 e. The monoisotopic (exact) mass is 696 g/mol. The van der Waals surface area contributed by atoms with Crippen molar-refractivity contribution in [3.63, 3.8) is 0 Å². The molecule has 8 aromatic carbocycles. The fourth-order valence-electron chi connectivity index (χ4n) is 6.21. The number of para-hydroxylation sites is 2. The van der Waals surface area contributed by atoms with E-state index < -0.39 is 0 Å². The highest BCUT2D eigenvalue weighted by Crippen LogP contribution is 2.39. The minimum absolute atomic E-state index is 0.794. The minimum atomic E-state index is 0.794. The molecule has 0 N–H and O–H groups in total.